The molecule has 2 aliphatic rings. The van der Waals surface area contributed by atoms with Crippen LogP contribution in [0.2, 0.25) is 0 Å². The molecule has 2 saturated carbocycles. The highest BCUT2D eigenvalue weighted by Crippen LogP contribution is 2.30. The summed E-state index contributed by atoms with van der Waals surface area (Å²) in [7, 11) is 3.19. The van der Waals surface area contributed by atoms with Crippen LogP contribution in [0.1, 0.15) is 57.8 Å². The van der Waals surface area contributed by atoms with Gasteiger partial charge in [-0.1, -0.05) is 6.08 Å². The molecule has 0 aromatic rings. The third-order valence-corrected chi connectivity index (χ3v) is 6.03. The van der Waals surface area contributed by atoms with E-state index in [9.17, 15) is 19.8 Å². The van der Waals surface area contributed by atoms with Crippen molar-refractivity contribution in [1.82, 2.24) is 0 Å². The molecule has 0 saturated heterocycles. The van der Waals surface area contributed by atoms with E-state index < -0.39 is 12.2 Å². The fraction of sp³-hybridized carbons (Fsp3) is 0.810. The van der Waals surface area contributed by atoms with Crippen molar-refractivity contribution in [3.63, 3.8) is 0 Å². The van der Waals surface area contributed by atoms with Crippen molar-refractivity contribution in [3.05, 3.63) is 12.2 Å². The number of carbonyl (C=O) groups is 2. The number of hydrogen-bond donors (Lipinski definition) is 2. The first-order chi connectivity index (χ1) is 12.9. The summed E-state index contributed by atoms with van der Waals surface area (Å²) in [6.45, 7) is 0. The Labute approximate surface area is 161 Å². The van der Waals surface area contributed by atoms with Crippen LogP contribution in [0.4, 0.5) is 0 Å². The number of hydrogen-bond acceptors (Lipinski definition) is 6. The second-order valence-electron chi connectivity index (χ2n) is 8.01. The molecule has 154 valence electrons. The Morgan fingerprint density at radius 3 is 2.26 bits per heavy atom. The largest absolute Gasteiger partial charge is 0.390 e. The van der Waals surface area contributed by atoms with Crippen LogP contribution in [-0.2, 0) is 19.1 Å². The predicted octanol–water partition coefficient (Wildman–Crippen LogP) is 2.20. The van der Waals surface area contributed by atoms with E-state index in [0.29, 0.717) is 31.6 Å². The Morgan fingerprint density at radius 2 is 1.59 bits per heavy atom. The maximum atomic E-state index is 12.1. The lowest BCUT2D eigenvalue weighted by molar-refractivity contribution is -0.125. The summed E-state index contributed by atoms with van der Waals surface area (Å²) in [6, 6.07) is 0. The highest BCUT2D eigenvalue weighted by molar-refractivity contribution is 6.04. The summed E-state index contributed by atoms with van der Waals surface area (Å²) in [5.74, 6) is 0.386. The van der Waals surface area contributed by atoms with Gasteiger partial charge in [-0.15, -0.1) is 0 Å². The molecule has 6 heteroatoms. The van der Waals surface area contributed by atoms with E-state index in [-0.39, 0.29) is 36.1 Å². The lowest BCUT2D eigenvalue weighted by Gasteiger charge is -2.32. The summed E-state index contributed by atoms with van der Waals surface area (Å²) in [4.78, 5) is 24.2. The van der Waals surface area contributed by atoms with Crippen LogP contribution >= 0.6 is 0 Å². The SMILES string of the molecule is COC1CC(/C=C/C(=O)CC(=O)CCC2CCC(O)C(OC)C2)CCC1O. The Morgan fingerprint density at radius 1 is 0.963 bits per heavy atom. The topological polar surface area (TPSA) is 93.1 Å². The number of ketones is 2. The van der Waals surface area contributed by atoms with Crippen molar-refractivity contribution in [3.8, 4) is 0 Å². The van der Waals surface area contributed by atoms with Gasteiger partial charge >= 0.3 is 0 Å². The molecule has 0 amide bonds. The molecular weight excluding hydrogens is 348 g/mol. The Hall–Kier alpha value is -1.08. The van der Waals surface area contributed by atoms with E-state index in [1.807, 2.05) is 6.08 Å². The summed E-state index contributed by atoms with van der Waals surface area (Å²) < 4.78 is 10.6. The van der Waals surface area contributed by atoms with Gasteiger partial charge in [-0.3, -0.25) is 9.59 Å². The zero-order valence-electron chi connectivity index (χ0n) is 16.5. The zero-order chi connectivity index (χ0) is 19.8. The lowest BCUT2D eigenvalue weighted by atomic mass is 9.82. The Kier molecular flexibility index (Phi) is 9.09. The van der Waals surface area contributed by atoms with Crippen LogP contribution in [-0.4, -0.2) is 60.4 Å². The highest BCUT2D eigenvalue weighted by atomic mass is 16.5. The van der Waals surface area contributed by atoms with Crippen LogP contribution in [0.3, 0.4) is 0 Å². The number of carbonyl (C=O) groups excluding carboxylic acids is 2. The number of rotatable bonds is 9. The molecule has 0 aliphatic heterocycles. The summed E-state index contributed by atoms with van der Waals surface area (Å²) in [5.41, 5.74) is 0. The van der Waals surface area contributed by atoms with Crippen molar-refractivity contribution in [2.75, 3.05) is 14.2 Å². The zero-order valence-corrected chi connectivity index (χ0v) is 16.5. The van der Waals surface area contributed by atoms with E-state index >= 15 is 0 Å². The van der Waals surface area contributed by atoms with Crippen LogP contribution in [0, 0.1) is 11.8 Å². The maximum absolute atomic E-state index is 12.1. The fourth-order valence-corrected chi connectivity index (χ4v) is 4.23. The smallest absolute Gasteiger partial charge is 0.162 e. The van der Waals surface area contributed by atoms with Gasteiger partial charge in [0.25, 0.3) is 0 Å². The number of Topliss-reactive ketones (excluding diaryl/α,β-unsaturated/α-hetero) is 1. The molecule has 0 aromatic heterocycles. The van der Waals surface area contributed by atoms with Crippen molar-refractivity contribution < 1.29 is 29.3 Å². The molecule has 6 nitrogen and oxygen atoms in total. The predicted molar refractivity (Wildman–Crippen MR) is 101 cm³/mol. The van der Waals surface area contributed by atoms with Gasteiger partial charge < -0.3 is 19.7 Å². The molecule has 6 atom stereocenters. The van der Waals surface area contributed by atoms with Gasteiger partial charge in [0.15, 0.2) is 5.78 Å². The molecule has 6 unspecified atom stereocenters. The minimum absolute atomic E-state index is 0.0291. The van der Waals surface area contributed by atoms with Crippen molar-refractivity contribution in [1.29, 1.82) is 0 Å². The molecule has 2 N–H and O–H groups in total. The molecule has 0 bridgehead atoms. The highest BCUT2D eigenvalue weighted by Gasteiger charge is 2.29. The third kappa shape index (κ3) is 7.11. The molecule has 0 aromatic carbocycles. The lowest BCUT2D eigenvalue weighted by Crippen LogP contribution is -2.35. The maximum Gasteiger partial charge on any atom is 0.162 e. The molecule has 0 heterocycles. The molecule has 2 fully saturated rings. The van der Waals surface area contributed by atoms with Crippen LogP contribution in [0.15, 0.2) is 12.2 Å². The second-order valence-corrected chi connectivity index (χ2v) is 8.01. The minimum atomic E-state index is -0.435. The Bertz CT molecular complexity index is 517. The van der Waals surface area contributed by atoms with Gasteiger partial charge in [0.2, 0.25) is 0 Å². The van der Waals surface area contributed by atoms with E-state index in [2.05, 4.69) is 0 Å². The van der Waals surface area contributed by atoms with E-state index in [4.69, 9.17) is 9.47 Å². The minimum Gasteiger partial charge on any atom is -0.390 e. The van der Waals surface area contributed by atoms with E-state index in [1.54, 1.807) is 14.2 Å². The first-order valence-electron chi connectivity index (χ1n) is 10.1. The summed E-state index contributed by atoms with van der Waals surface area (Å²) >= 11 is 0. The van der Waals surface area contributed by atoms with Gasteiger partial charge in [0, 0.05) is 20.6 Å². The van der Waals surface area contributed by atoms with Crippen molar-refractivity contribution in [2.45, 2.75) is 82.2 Å². The number of allylic oxidation sites excluding steroid dienone is 2. The molecular formula is C21H34O6. The molecule has 2 rings (SSSR count). The second kappa shape index (κ2) is 11.1. The van der Waals surface area contributed by atoms with E-state index in [1.165, 1.54) is 6.08 Å². The van der Waals surface area contributed by atoms with Gasteiger partial charge in [0.05, 0.1) is 30.8 Å². The number of aliphatic hydroxyl groups is 2. The average Bonchev–Trinajstić information content (AvgIpc) is 2.66. The van der Waals surface area contributed by atoms with Gasteiger partial charge in [-0.05, 0) is 62.9 Å². The molecule has 27 heavy (non-hydrogen) atoms. The van der Waals surface area contributed by atoms with Crippen molar-refractivity contribution >= 4 is 11.6 Å². The number of methoxy groups -OCH3 is 2. The van der Waals surface area contributed by atoms with Crippen LogP contribution in [0.25, 0.3) is 0 Å². The first kappa shape index (κ1) is 22.2. The van der Waals surface area contributed by atoms with Crippen LogP contribution < -0.4 is 0 Å². The molecule has 2 aliphatic carbocycles. The summed E-state index contributed by atoms with van der Waals surface area (Å²) in [6.07, 6.45) is 7.87. The van der Waals surface area contributed by atoms with E-state index in [0.717, 1.165) is 25.7 Å². The number of ether oxygens (including phenoxy) is 2. The monoisotopic (exact) mass is 382 g/mol. The first-order valence-corrected chi connectivity index (χ1v) is 10.1. The standard InChI is InChI=1S/C21H34O6/c1-26-20-11-14(5-9-18(20)24)3-7-16(22)13-17(23)8-4-15-6-10-19(25)21(12-15)27-2/h3,7,14-15,18-21,24-25H,4-6,8-13H2,1-2H3/b7-3+. The van der Waals surface area contributed by atoms with Gasteiger partial charge in [-0.25, -0.2) is 0 Å². The normalized spacial score (nSPS) is 34.7. The van der Waals surface area contributed by atoms with Crippen molar-refractivity contribution in [2.24, 2.45) is 11.8 Å². The average molecular weight is 382 g/mol. The quantitative estimate of drug-likeness (QED) is 0.469. The number of aliphatic hydroxyl groups excluding tert-OH is 2. The molecule has 0 spiro atoms. The van der Waals surface area contributed by atoms with Gasteiger partial charge in [-0.2, -0.15) is 0 Å². The van der Waals surface area contributed by atoms with Gasteiger partial charge in [0.1, 0.15) is 5.78 Å². The fourth-order valence-electron chi connectivity index (χ4n) is 4.23. The third-order valence-electron chi connectivity index (χ3n) is 6.03. The van der Waals surface area contributed by atoms with Crippen LogP contribution in [0.5, 0.6) is 0 Å². The summed E-state index contributed by atoms with van der Waals surface area (Å²) in [5, 5.41) is 19.6. The molecule has 0 radical (unpaired) electrons. The Balaban J connectivity index is 1.68.